The highest BCUT2D eigenvalue weighted by Crippen LogP contribution is 2.38. The summed E-state index contributed by atoms with van der Waals surface area (Å²) in [6.07, 6.45) is 4.32. The van der Waals surface area contributed by atoms with Gasteiger partial charge in [0.1, 0.15) is 0 Å². The Balaban J connectivity index is 1.96. The lowest BCUT2D eigenvalue weighted by atomic mass is 9.81. The molecule has 0 aromatic heterocycles. The molecule has 0 aliphatic carbocycles. The van der Waals surface area contributed by atoms with Gasteiger partial charge in [0, 0.05) is 18.3 Å². The van der Waals surface area contributed by atoms with Crippen LogP contribution in [0.15, 0.2) is 54.2 Å². The Bertz CT molecular complexity index is 1090. The molecular formula is C27H33ClN2O4. The zero-order valence-electron chi connectivity index (χ0n) is 20.4. The SMILES string of the molecule is COCCC1=CN(c2ccc(C(=O)O)cc2)C(=O)N[C@@]1(C)c1ccc(CCC(C)(C)C)c(Cl)c1. The molecule has 0 unspecified atom stereocenters. The number of ether oxygens (including phenoxy) is 1. The second-order valence-electron chi connectivity index (χ2n) is 10.0. The molecule has 1 aliphatic rings. The molecule has 0 radical (unpaired) electrons. The maximum Gasteiger partial charge on any atom is 0.335 e. The van der Waals surface area contributed by atoms with E-state index in [9.17, 15) is 9.59 Å². The predicted octanol–water partition coefficient (Wildman–Crippen LogP) is 6.38. The highest BCUT2D eigenvalue weighted by Gasteiger charge is 2.39. The molecule has 3 rings (SSSR count). The van der Waals surface area contributed by atoms with Crippen LogP contribution in [0.5, 0.6) is 0 Å². The minimum Gasteiger partial charge on any atom is -0.478 e. The van der Waals surface area contributed by atoms with Crippen molar-refractivity contribution in [2.75, 3.05) is 18.6 Å². The molecule has 0 bridgehead atoms. The first-order valence-corrected chi connectivity index (χ1v) is 11.8. The number of nitrogens with zero attached hydrogens (tertiary/aromatic N) is 1. The number of hydrogen-bond acceptors (Lipinski definition) is 3. The van der Waals surface area contributed by atoms with Crippen LogP contribution in [0.25, 0.3) is 0 Å². The van der Waals surface area contributed by atoms with E-state index in [2.05, 4.69) is 26.1 Å². The van der Waals surface area contributed by atoms with E-state index in [0.717, 1.165) is 29.5 Å². The number of aryl methyl sites for hydroxylation is 1. The van der Waals surface area contributed by atoms with Gasteiger partial charge in [-0.2, -0.15) is 0 Å². The largest absolute Gasteiger partial charge is 0.478 e. The first kappa shape index (κ1) is 25.8. The summed E-state index contributed by atoms with van der Waals surface area (Å²) >= 11 is 6.68. The van der Waals surface area contributed by atoms with Crippen LogP contribution in [0.2, 0.25) is 5.02 Å². The quantitative estimate of drug-likeness (QED) is 0.455. The van der Waals surface area contributed by atoms with E-state index in [4.69, 9.17) is 21.4 Å². The number of carbonyl (C=O) groups excluding carboxylic acids is 1. The summed E-state index contributed by atoms with van der Waals surface area (Å²) in [6, 6.07) is 11.9. The van der Waals surface area contributed by atoms with Crippen LogP contribution in [-0.4, -0.2) is 30.8 Å². The summed E-state index contributed by atoms with van der Waals surface area (Å²) < 4.78 is 5.33. The Morgan fingerprint density at radius 1 is 1.15 bits per heavy atom. The van der Waals surface area contributed by atoms with Crippen molar-refractivity contribution < 1.29 is 19.4 Å². The summed E-state index contributed by atoms with van der Waals surface area (Å²) in [5.41, 5.74) is 3.13. The van der Waals surface area contributed by atoms with E-state index >= 15 is 0 Å². The molecule has 1 atom stereocenters. The summed E-state index contributed by atoms with van der Waals surface area (Å²) in [4.78, 5) is 25.9. The van der Waals surface area contributed by atoms with Gasteiger partial charge in [-0.3, -0.25) is 4.90 Å². The van der Waals surface area contributed by atoms with E-state index < -0.39 is 11.5 Å². The minimum absolute atomic E-state index is 0.163. The second kappa shape index (κ2) is 10.2. The van der Waals surface area contributed by atoms with Gasteiger partial charge >= 0.3 is 12.0 Å². The number of carbonyl (C=O) groups is 2. The third kappa shape index (κ3) is 5.80. The molecular weight excluding hydrogens is 452 g/mol. The van der Waals surface area contributed by atoms with Gasteiger partial charge in [-0.05, 0) is 78.6 Å². The Hall–Kier alpha value is -2.83. The molecule has 0 spiro atoms. The maximum atomic E-state index is 13.2. The minimum atomic E-state index is -1.01. The van der Waals surface area contributed by atoms with Gasteiger partial charge in [0.25, 0.3) is 0 Å². The van der Waals surface area contributed by atoms with Crippen molar-refractivity contribution in [1.29, 1.82) is 0 Å². The first-order chi connectivity index (χ1) is 15.9. The summed E-state index contributed by atoms with van der Waals surface area (Å²) in [6.45, 7) is 9.09. The Labute approximate surface area is 206 Å². The normalized spacial score (nSPS) is 18.5. The molecule has 1 heterocycles. The highest BCUT2D eigenvalue weighted by atomic mass is 35.5. The summed E-state index contributed by atoms with van der Waals surface area (Å²) in [5.74, 6) is -1.01. The Morgan fingerprint density at radius 3 is 2.38 bits per heavy atom. The molecule has 2 N–H and O–H groups in total. The van der Waals surface area contributed by atoms with E-state index in [0.29, 0.717) is 23.7 Å². The van der Waals surface area contributed by atoms with E-state index in [-0.39, 0.29) is 17.0 Å². The zero-order valence-corrected chi connectivity index (χ0v) is 21.2. The number of halogens is 1. The number of nitrogens with one attached hydrogen (secondary N) is 1. The molecule has 2 aromatic rings. The van der Waals surface area contributed by atoms with Gasteiger partial charge in [-0.15, -0.1) is 0 Å². The third-order valence-corrected chi connectivity index (χ3v) is 6.60. The van der Waals surface area contributed by atoms with Crippen LogP contribution < -0.4 is 10.2 Å². The fourth-order valence-electron chi connectivity index (χ4n) is 4.01. The number of amides is 2. The van der Waals surface area contributed by atoms with Crippen molar-refractivity contribution in [3.63, 3.8) is 0 Å². The standard InChI is InChI=1S/C27H33ClN2O4/c1-26(2,3)14-12-18-6-9-20(16-23(18)28)27(4)21(13-15-34-5)17-30(25(33)29-27)22-10-7-19(8-11-22)24(31)32/h6-11,16-17H,12-15H2,1-5H3,(H,29,33)(H,31,32)/t27-/m0/s1. The van der Waals surface area contributed by atoms with Crippen LogP contribution in [-0.2, 0) is 16.7 Å². The van der Waals surface area contributed by atoms with E-state index in [1.807, 2.05) is 31.3 Å². The lowest BCUT2D eigenvalue weighted by Gasteiger charge is -2.41. The number of carboxylic acid groups (broad SMARTS) is 1. The fraction of sp³-hybridized carbons (Fsp3) is 0.407. The number of methoxy groups -OCH3 is 1. The van der Waals surface area contributed by atoms with Gasteiger partial charge in [-0.1, -0.05) is 44.5 Å². The van der Waals surface area contributed by atoms with Crippen molar-refractivity contribution in [3.8, 4) is 0 Å². The van der Waals surface area contributed by atoms with Crippen LogP contribution in [0.3, 0.4) is 0 Å². The second-order valence-corrected chi connectivity index (χ2v) is 10.4. The van der Waals surface area contributed by atoms with Crippen LogP contribution in [0, 0.1) is 5.41 Å². The molecule has 7 heteroatoms. The first-order valence-electron chi connectivity index (χ1n) is 11.4. The lowest BCUT2D eigenvalue weighted by Crippen LogP contribution is -2.54. The fourth-order valence-corrected chi connectivity index (χ4v) is 4.28. The van der Waals surface area contributed by atoms with E-state index in [1.54, 1.807) is 19.2 Å². The van der Waals surface area contributed by atoms with E-state index in [1.165, 1.54) is 17.0 Å². The van der Waals surface area contributed by atoms with Crippen molar-refractivity contribution >= 4 is 29.3 Å². The molecule has 0 saturated carbocycles. The molecule has 1 aliphatic heterocycles. The topological polar surface area (TPSA) is 78.9 Å². The van der Waals surface area contributed by atoms with Crippen LogP contribution >= 0.6 is 11.6 Å². The number of carboxylic acids is 1. The van der Waals surface area contributed by atoms with Gasteiger partial charge in [0.2, 0.25) is 0 Å². The maximum absolute atomic E-state index is 13.2. The van der Waals surface area contributed by atoms with Crippen molar-refractivity contribution in [1.82, 2.24) is 5.32 Å². The van der Waals surface area contributed by atoms with Crippen LogP contribution in [0.4, 0.5) is 10.5 Å². The number of benzene rings is 2. The summed E-state index contributed by atoms with van der Waals surface area (Å²) in [5, 5.41) is 13.0. The van der Waals surface area contributed by atoms with Crippen molar-refractivity contribution in [2.24, 2.45) is 5.41 Å². The number of hydrogen-bond donors (Lipinski definition) is 2. The molecule has 2 aromatic carbocycles. The third-order valence-electron chi connectivity index (χ3n) is 6.25. The molecule has 0 saturated heterocycles. The number of aromatic carboxylic acids is 1. The Kier molecular flexibility index (Phi) is 7.74. The lowest BCUT2D eigenvalue weighted by molar-refractivity contribution is 0.0697. The van der Waals surface area contributed by atoms with Crippen molar-refractivity contribution in [3.05, 3.63) is 76.0 Å². The zero-order chi connectivity index (χ0) is 25.1. The molecule has 2 amide bonds. The highest BCUT2D eigenvalue weighted by molar-refractivity contribution is 6.31. The van der Waals surface area contributed by atoms with Gasteiger partial charge in [0.15, 0.2) is 0 Å². The number of anilines is 1. The monoisotopic (exact) mass is 484 g/mol. The average molecular weight is 485 g/mol. The van der Waals surface area contributed by atoms with Gasteiger partial charge in [0.05, 0.1) is 23.4 Å². The molecule has 6 nitrogen and oxygen atoms in total. The molecule has 182 valence electrons. The average Bonchev–Trinajstić information content (AvgIpc) is 2.77. The molecule has 34 heavy (non-hydrogen) atoms. The number of rotatable bonds is 8. The van der Waals surface area contributed by atoms with Crippen LogP contribution in [0.1, 0.15) is 62.0 Å². The predicted molar refractivity (Wildman–Crippen MR) is 136 cm³/mol. The number of urea groups is 1. The summed E-state index contributed by atoms with van der Waals surface area (Å²) in [7, 11) is 1.64. The molecule has 0 fully saturated rings. The Morgan fingerprint density at radius 2 is 1.82 bits per heavy atom. The van der Waals surface area contributed by atoms with Crippen molar-refractivity contribution in [2.45, 2.75) is 52.5 Å². The van der Waals surface area contributed by atoms with Gasteiger partial charge < -0.3 is 15.2 Å². The van der Waals surface area contributed by atoms with Gasteiger partial charge in [-0.25, -0.2) is 9.59 Å². The smallest absolute Gasteiger partial charge is 0.335 e.